The van der Waals surface area contributed by atoms with Gasteiger partial charge in [0.1, 0.15) is 11.6 Å². The Morgan fingerprint density at radius 1 is 1.04 bits per heavy atom. The lowest BCUT2D eigenvalue weighted by Gasteiger charge is -2.19. The number of benzene rings is 2. The summed E-state index contributed by atoms with van der Waals surface area (Å²) in [5, 5.41) is 5.66. The topological polar surface area (TPSA) is 67.4 Å². The van der Waals surface area contributed by atoms with Gasteiger partial charge in [-0.25, -0.2) is 4.39 Å². The average Bonchev–Trinajstić information content (AvgIpc) is 2.67. The normalized spacial score (nSPS) is 12.7. The number of ether oxygens (including phenoxy) is 1. The van der Waals surface area contributed by atoms with Crippen LogP contribution in [0.1, 0.15) is 44.0 Å². The van der Waals surface area contributed by atoms with Gasteiger partial charge in [-0.05, 0) is 56.2 Å². The van der Waals surface area contributed by atoms with Gasteiger partial charge in [0, 0.05) is 6.04 Å². The minimum Gasteiger partial charge on any atom is -0.481 e. The van der Waals surface area contributed by atoms with Gasteiger partial charge in [0.15, 0.2) is 6.10 Å². The Kier molecular flexibility index (Phi) is 7.34. The summed E-state index contributed by atoms with van der Waals surface area (Å²) in [7, 11) is 0. The van der Waals surface area contributed by atoms with Crippen molar-refractivity contribution < 1.29 is 18.7 Å². The van der Waals surface area contributed by atoms with E-state index in [0.29, 0.717) is 23.4 Å². The third-order valence-corrected chi connectivity index (χ3v) is 4.17. The van der Waals surface area contributed by atoms with Crippen molar-refractivity contribution in [3.05, 3.63) is 59.9 Å². The number of anilines is 1. The molecule has 0 aliphatic rings. The van der Waals surface area contributed by atoms with E-state index in [2.05, 4.69) is 10.6 Å². The first-order chi connectivity index (χ1) is 12.9. The molecule has 5 nitrogen and oxygen atoms in total. The summed E-state index contributed by atoms with van der Waals surface area (Å²) in [6, 6.07) is 12.3. The minimum atomic E-state index is -0.763. The lowest BCUT2D eigenvalue weighted by atomic mass is 10.1. The Balaban J connectivity index is 2.11. The molecule has 144 valence electrons. The Bertz CT molecular complexity index is 777. The van der Waals surface area contributed by atoms with Crippen LogP contribution in [0.5, 0.6) is 5.75 Å². The molecule has 2 aromatic carbocycles. The number of carbonyl (C=O) groups is 2. The fourth-order valence-electron chi connectivity index (χ4n) is 2.41. The summed E-state index contributed by atoms with van der Waals surface area (Å²) < 4.78 is 18.7. The Labute approximate surface area is 158 Å². The number of carbonyl (C=O) groups excluding carboxylic acids is 2. The molecule has 0 heterocycles. The Morgan fingerprint density at radius 2 is 1.70 bits per heavy atom. The van der Waals surface area contributed by atoms with Crippen LogP contribution in [-0.4, -0.2) is 24.0 Å². The number of para-hydroxylation sites is 1. The van der Waals surface area contributed by atoms with Crippen LogP contribution in [0.2, 0.25) is 0 Å². The van der Waals surface area contributed by atoms with Crippen LogP contribution >= 0.6 is 0 Å². The van der Waals surface area contributed by atoms with E-state index in [0.717, 1.165) is 6.42 Å². The molecule has 2 atom stereocenters. The maximum atomic E-state index is 13.0. The fourth-order valence-corrected chi connectivity index (χ4v) is 2.41. The predicted octanol–water partition coefficient (Wildman–Crippen LogP) is 4.15. The lowest BCUT2D eigenvalue weighted by molar-refractivity contribution is -0.122. The number of amides is 2. The second kappa shape index (κ2) is 9.71. The van der Waals surface area contributed by atoms with Crippen molar-refractivity contribution in [3.8, 4) is 5.75 Å². The van der Waals surface area contributed by atoms with E-state index in [9.17, 15) is 14.0 Å². The zero-order valence-corrected chi connectivity index (χ0v) is 15.8. The van der Waals surface area contributed by atoms with Crippen LogP contribution in [0.4, 0.5) is 10.1 Å². The molecule has 0 spiro atoms. The largest absolute Gasteiger partial charge is 0.481 e. The van der Waals surface area contributed by atoms with Crippen LogP contribution < -0.4 is 15.4 Å². The van der Waals surface area contributed by atoms with Crippen LogP contribution in [0.25, 0.3) is 0 Å². The highest BCUT2D eigenvalue weighted by atomic mass is 19.1. The maximum absolute atomic E-state index is 13.0. The summed E-state index contributed by atoms with van der Waals surface area (Å²) in [5.41, 5.74) is 0.812. The standard InChI is InChI=1S/C21H25FN2O3/c1-4-14(3)23-20(25)17-8-6-7-9-18(17)24-21(26)19(5-2)27-16-12-10-15(22)11-13-16/h6-14,19H,4-5H2,1-3H3,(H,23,25)(H,24,26)/t14-,19+/m1/s1. The average molecular weight is 372 g/mol. The zero-order chi connectivity index (χ0) is 19.8. The van der Waals surface area contributed by atoms with E-state index < -0.39 is 6.10 Å². The van der Waals surface area contributed by atoms with Crippen LogP contribution in [0.15, 0.2) is 48.5 Å². The number of rotatable bonds is 8. The third kappa shape index (κ3) is 5.81. The molecule has 0 bridgehead atoms. The molecule has 27 heavy (non-hydrogen) atoms. The molecule has 0 radical (unpaired) electrons. The van der Waals surface area contributed by atoms with Crippen molar-refractivity contribution in [1.29, 1.82) is 0 Å². The summed E-state index contributed by atoms with van der Waals surface area (Å²) in [6.07, 6.45) is 0.467. The second-order valence-corrected chi connectivity index (χ2v) is 6.29. The molecule has 2 rings (SSSR count). The molecule has 0 fully saturated rings. The molecule has 2 N–H and O–H groups in total. The van der Waals surface area contributed by atoms with Crippen LogP contribution in [-0.2, 0) is 4.79 Å². The van der Waals surface area contributed by atoms with E-state index in [1.54, 1.807) is 24.3 Å². The van der Waals surface area contributed by atoms with E-state index >= 15 is 0 Å². The second-order valence-electron chi connectivity index (χ2n) is 6.29. The molecular weight excluding hydrogens is 347 g/mol. The van der Waals surface area contributed by atoms with Gasteiger partial charge in [0.05, 0.1) is 11.3 Å². The first kappa shape index (κ1) is 20.4. The summed E-state index contributed by atoms with van der Waals surface area (Å²) >= 11 is 0. The van der Waals surface area contributed by atoms with Crippen molar-refractivity contribution in [2.24, 2.45) is 0 Å². The van der Waals surface area contributed by atoms with Crippen molar-refractivity contribution in [2.45, 2.75) is 45.8 Å². The van der Waals surface area contributed by atoms with Gasteiger partial charge in [-0.1, -0.05) is 26.0 Å². The minimum absolute atomic E-state index is 0.0338. The van der Waals surface area contributed by atoms with Gasteiger partial charge in [-0.15, -0.1) is 0 Å². The van der Waals surface area contributed by atoms with Gasteiger partial charge in [-0.3, -0.25) is 9.59 Å². The Hall–Kier alpha value is -2.89. The van der Waals surface area contributed by atoms with Crippen molar-refractivity contribution in [3.63, 3.8) is 0 Å². The van der Waals surface area contributed by atoms with Crippen molar-refractivity contribution >= 4 is 17.5 Å². The fraction of sp³-hybridized carbons (Fsp3) is 0.333. The molecule has 0 aromatic heterocycles. The number of hydrogen-bond acceptors (Lipinski definition) is 3. The molecule has 0 aliphatic carbocycles. The molecule has 0 aliphatic heterocycles. The number of halogens is 1. The molecule has 2 amide bonds. The monoisotopic (exact) mass is 372 g/mol. The highest BCUT2D eigenvalue weighted by Gasteiger charge is 2.21. The van der Waals surface area contributed by atoms with Gasteiger partial charge >= 0.3 is 0 Å². The molecule has 0 unspecified atom stereocenters. The maximum Gasteiger partial charge on any atom is 0.265 e. The van der Waals surface area contributed by atoms with Gasteiger partial charge in [0.25, 0.3) is 11.8 Å². The van der Waals surface area contributed by atoms with Crippen LogP contribution in [0.3, 0.4) is 0 Å². The van der Waals surface area contributed by atoms with E-state index in [-0.39, 0.29) is 23.7 Å². The first-order valence-corrected chi connectivity index (χ1v) is 9.07. The van der Waals surface area contributed by atoms with Crippen molar-refractivity contribution in [1.82, 2.24) is 5.32 Å². The smallest absolute Gasteiger partial charge is 0.265 e. The third-order valence-electron chi connectivity index (χ3n) is 4.17. The number of hydrogen-bond donors (Lipinski definition) is 2. The van der Waals surface area contributed by atoms with Crippen LogP contribution in [0, 0.1) is 5.82 Å². The molecule has 6 heteroatoms. The van der Waals surface area contributed by atoms with E-state index in [1.165, 1.54) is 24.3 Å². The first-order valence-electron chi connectivity index (χ1n) is 9.07. The summed E-state index contributed by atoms with van der Waals surface area (Å²) in [6.45, 7) is 5.72. The SMILES string of the molecule is CC[C@@H](C)NC(=O)c1ccccc1NC(=O)[C@H](CC)Oc1ccc(F)cc1. The highest BCUT2D eigenvalue weighted by molar-refractivity contribution is 6.04. The Morgan fingerprint density at radius 3 is 2.33 bits per heavy atom. The molecule has 2 aromatic rings. The predicted molar refractivity (Wildman–Crippen MR) is 103 cm³/mol. The van der Waals surface area contributed by atoms with Gasteiger partial charge < -0.3 is 15.4 Å². The highest BCUT2D eigenvalue weighted by Crippen LogP contribution is 2.18. The van der Waals surface area contributed by atoms with E-state index in [1.807, 2.05) is 20.8 Å². The van der Waals surface area contributed by atoms with E-state index in [4.69, 9.17) is 4.74 Å². The molecular formula is C21H25FN2O3. The zero-order valence-electron chi connectivity index (χ0n) is 15.8. The molecule has 0 saturated carbocycles. The van der Waals surface area contributed by atoms with Gasteiger partial charge in [0.2, 0.25) is 0 Å². The van der Waals surface area contributed by atoms with Crippen molar-refractivity contribution in [2.75, 3.05) is 5.32 Å². The lowest BCUT2D eigenvalue weighted by Crippen LogP contribution is -2.35. The number of nitrogens with one attached hydrogen (secondary N) is 2. The summed E-state index contributed by atoms with van der Waals surface area (Å²) in [4.78, 5) is 25.1. The van der Waals surface area contributed by atoms with Gasteiger partial charge in [-0.2, -0.15) is 0 Å². The quantitative estimate of drug-likeness (QED) is 0.731. The molecule has 0 saturated heterocycles. The summed E-state index contributed by atoms with van der Waals surface area (Å²) in [5.74, 6) is -0.583.